The Morgan fingerprint density at radius 1 is 1.16 bits per heavy atom. The number of carbonyl (C=O) groups excluding carboxylic acids is 1. The quantitative estimate of drug-likeness (QED) is 0.193. The Bertz CT molecular complexity index is 1250. The summed E-state index contributed by atoms with van der Waals surface area (Å²) in [7, 11) is 0. The maximum absolute atomic E-state index is 14.9. The van der Waals surface area contributed by atoms with E-state index in [1.165, 1.54) is 6.07 Å². The Hall–Kier alpha value is -2.61. The number of ether oxygens (including phenoxy) is 1. The van der Waals surface area contributed by atoms with E-state index in [9.17, 15) is 24.5 Å². The molecule has 1 aliphatic carbocycles. The van der Waals surface area contributed by atoms with Gasteiger partial charge in [-0.1, -0.05) is 17.7 Å². The van der Waals surface area contributed by atoms with Crippen LogP contribution in [0, 0.1) is 17.2 Å². The van der Waals surface area contributed by atoms with Gasteiger partial charge in [0.05, 0.1) is 43.2 Å². The molecule has 1 aromatic heterocycles. The first-order chi connectivity index (χ1) is 21.2. The van der Waals surface area contributed by atoms with Crippen molar-refractivity contribution in [2.45, 2.75) is 69.3 Å². The third-order valence-electron chi connectivity index (χ3n) is 9.37. The van der Waals surface area contributed by atoms with Crippen LogP contribution in [-0.2, 0) is 11.2 Å². The predicted octanol–water partition coefficient (Wildman–Crippen LogP) is 1.54. The van der Waals surface area contributed by atoms with Gasteiger partial charge in [0.2, 0.25) is 11.9 Å². The highest BCUT2D eigenvalue weighted by atomic mass is 35.5. The number of halogens is 2. The van der Waals surface area contributed by atoms with Crippen LogP contribution in [0.15, 0.2) is 30.6 Å². The molecule has 2 aliphatic heterocycles. The summed E-state index contributed by atoms with van der Waals surface area (Å²) in [5.41, 5.74) is 0.249. The van der Waals surface area contributed by atoms with Gasteiger partial charge >= 0.3 is 0 Å². The number of benzene rings is 1. The van der Waals surface area contributed by atoms with E-state index in [4.69, 9.17) is 21.4 Å². The number of anilines is 1. The Morgan fingerprint density at radius 3 is 2.61 bits per heavy atom. The van der Waals surface area contributed by atoms with Gasteiger partial charge < -0.3 is 40.3 Å². The van der Waals surface area contributed by atoms with Crippen molar-refractivity contribution in [3.8, 4) is 5.75 Å². The van der Waals surface area contributed by atoms with Crippen LogP contribution in [0.1, 0.15) is 44.1 Å². The minimum Gasteiger partial charge on any atom is -0.493 e. The third kappa shape index (κ3) is 8.15. The van der Waals surface area contributed by atoms with Gasteiger partial charge in [-0.2, -0.15) is 0 Å². The molecule has 5 atom stereocenters. The molecule has 1 amide bonds. The number of piperidine rings is 1. The summed E-state index contributed by atoms with van der Waals surface area (Å²) in [5, 5.41) is 42.0. The number of rotatable bonds is 14. The zero-order valence-electron chi connectivity index (χ0n) is 24.8. The zero-order valence-corrected chi connectivity index (χ0v) is 25.6. The van der Waals surface area contributed by atoms with Crippen LogP contribution in [0.4, 0.5) is 10.3 Å². The highest BCUT2D eigenvalue weighted by molar-refractivity contribution is 6.30. The summed E-state index contributed by atoms with van der Waals surface area (Å²) in [6, 6.07) is 4.78. The molecule has 242 valence electrons. The molecule has 44 heavy (non-hydrogen) atoms. The average molecular weight is 636 g/mol. The molecule has 5 N–H and O–H groups in total. The number of hydrogen-bond donors (Lipinski definition) is 5. The molecule has 3 fully saturated rings. The van der Waals surface area contributed by atoms with Crippen LogP contribution in [0.2, 0.25) is 5.02 Å². The number of amides is 1. The van der Waals surface area contributed by atoms with Gasteiger partial charge in [0.25, 0.3) is 0 Å². The van der Waals surface area contributed by atoms with Crippen molar-refractivity contribution in [1.29, 1.82) is 0 Å². The Morgan fingerprint density at radius 2 is 1.91 bits per heavy atom. The normalized spacial score (nSPS) is 24.0. The van der Waals surface area contributed by atoms with Gasteiger partial charge in [-0.25, -0.2) is 14.4 Å². The zero-order chi connectivity index (χ0) is 31.3. The Balaban J connectivity index is 0.986. The van der Waals surface area contributed by atoms with Crippen LogP contribution in [0.3, 0.4) is 0 Å². The largest absolute Gasteiger partial charge is 0.493 e. The van der Waals surface area contributed by atoms with Crippen molar-refractivity contribution in [1.82, 2.24) is 20.2 Å². The fourth-order valence-electron chi connectivity index (χ4n) is 6.43. The van der Waals surface area contributed by atoms with Crippen molar-refractivity contribution >= 4 is 23.5 Å². The molecule has 2 aromatic rings. The van der Waals surface area contributed by atoms with Crippen molar-refractivity contribution in [3.05, 3.63) is 47.0 Å². The number of aliphatic hydroxyl groups excluding tert-OH is 4. The van der Waals surface area contributed by atoms with Crippen molar-refractivity contribution in [2.75, 3.05) is 50.8 Å². The van der Waals surface area contributed by atoms with Crippen molar-refractivity contribution < 1.29 is 34.3 Å². The lowest BCUT2D eigenvalue weighted by Crippen LogP contribution is -2.45. The molecule has 1 spiro atoms. The molecule has 1 saturated carbocycles. The smallest absolute Gasteiger partial charge is 0.227 e. The second-order valence-electron chi connectivity index (χ2n) is 12.5. The van der Waals surface area contributed by atoms with Crippen molar-refractivity contribution in [2.24, 2.45) is 11.3 Å². The molecule has 11 nitrogen and oxygen atoms in total. The molecule has 13 heteroatoms. The first-order valence-corrected chi connectivity index (χ1v) is 15.8. The molecule has 2 saturated heterocycles. The summed E-state index contributed by atoms with van der Waals surface area (Å²) >= 11 is 5.88. The van der Waals surface area contributed by atoms with Crippen LogP contribution in [0.25, 0.3) is 0 Å². The summed E-state index contributed by atoms with van der Waals surface area (Å²) < 4.78 is 20.7. The monoisotopic (exact) mass is 635 g/mol. The van der Waals surface area contributed by atoms with E-state index in [0.29, 0.717) is 47.9 Å². The third-order valence-corrected chi connectivity index (χ3v) is 9.57. The summed E-state index contributed by atoms with van der Waals surface area (Å²) in [6.45, 7) is 2.88. The van der Waals surface area contributed by atoms with Gasteiger partial charge in [0.15, 0.2) is 0 Å². The van der Waals surface area contributed by atoms with Gasteiger partial charge in [-0.05, 0) is 56.1 Å². The number of nitrogens with zero attached hydrogens (tertiary/aromatic N) is 4. The second kappa shape index (κ2) is 14.7. The highest BCUT2D eigenvalue weighted by Gasteiger charge is 2.58. The standard InChI is InChI=1S/C31H43ClFN5O6/c32-22-15-35-30(36-16-22)37-8-5-20(6-9-37)2-1-11-44-23-4-3-21(24(33)13-23)12-28(42)38-10-7-31(19-38)14-27(31)34-17-25(40)29(43)26(41)18-39/h3-4,13,15-16,20,25-27,29,34,39-41,43H,1-2,5-12,14,17-19H2/t25-,26+,27?,29-,31?/m0/s1. The van der Waals surface area contributed by atoms with E-state index in [0.717, 1.165) is 51.6 Å². The van der Waals surface area contributed by atoms with Gasteiger partial charge in [0.1, 0.15) is 23.8 Å². The first-order valence-electron chi connectivity index (χ1n) is 15.5. The van der Waals surface area contributed by atoms with Crippen LogP contribution < -0.4 is 15.0 Å². The number of aliphatic hydroxyl groups is 4. The maximum atomic E-state index is 14.9. The van der Waals surface area contributed by atoms with Crippen LogP contribution >= 0.6 is 11.6 Å². The van der Waals surface area contributed by atoms with E-state index >= 15 is 0 Å². The number of carbonyl (C=O) groups is 1. The van der Waals surface area contributed by atoms with E-state index in [2.05, 4.69) is 20.2 Å². The summed E-state index contributed by atoms with van der Waals surface area (Å²) in [6.07, 6.45) is 4.81. The molecule has 2 unspecified atom stereocenters. The molecule has 3 heterocycles. The fourth-order valence-corrected chi connectivity index (χ4v) is 6.53. The lowest BCUT2D eigenvalue weighted by Gasteiger charge is -2.31. The summed E-state index contributed by atoms with van der Waals surface area (Å²) in [4.78, 5) is 25.5. The molecule has 0 radical (unpaired) electrons. The van der Waals surface area contributed by atoms with Crippen LogP contribution in [-0.4, -0.2) is 111 Å². The van der Waals surface area contributed by atoms with Crippen LogP contribution in [0.5, 0.6) is 5.75 Å². The number of nitrogens with one attached hydrogen (secondary N) is 1. The molecular weight excluding hydrogens is 593 g/mol. The lowest BCUT2D eigenvalue weighted by atomic mass is 9.92. The van der Waals surface area contributed by atoms with E-state index in [1.54, 1.807) is 29.4 Å². The van der Waals surface area contributed by atoms with Gasteiger partial charge in [-0.15, -0.1) is 0 Å². The topological polar surface area (TPSA) is 152 Å². The SMILES string of the molecule is O=C(Cc1ccc(OCCCC2CCN(c3ncc(Cl)cn3)CC2)cc1F)N1CCC2(CC2NC[C@H](O)[C@H](O)[C@H](O)CO)C1. The van der Waals surface area contributed by atoms with E-state index < -0.39 is 30.7 Å². The minimum atomic E-state index is -1.44. The second-order valence-corrected chi connectivity index (χ2v) is 12.9. The molecule has 1 aromatic carbocycles. The molecule has 5 rings (SSSR count). The maximum Gasteiger partial charge on any atom is 0.227 e. The van der Waals surface area contributed by atoms with E-state index in [1.807, 2.05) is 0 Å². The number of hydrogen-bond acceptors (Lipinski definition) is 10. The lowest BCUT2D eigenvalue weighted by molar-refractivity contribution is -0.129. The Kier molecular flexibility index (Phi) is 10.9. The van der Waals surface area contributed by atoms with Gasteiger partial charge in [-0.3, -0.25) is 4.79 Å². The minimum absolute atomic E-state index is 0.0238. The molecule has 0 bridgehead atoms. The predicted molar refractivity (Wildman–Crippen MR) is 162 cm³/mol. The van der Waals surface area contributed by atoms with E-state index in [-0.39, 0.29) is 30.3 Å². The Labute approximate surface area is 262 Å². The molecule has 3 aliphatic rings. The average Bonchev–Trinajstić information content (AvgIpc) is 3.53. The van der Waals surface area contributed by atoms with Crippen molar-refractivity contribution in [3.63, 3.8) is 0 Å². The molecular formula is C31H43ClFN5O6. The fraction of sp³-hybridized carbons (Fsp3) is 0.645. The number of likely N-dealkylation sites (tertiary alicyclic amines) is 1. The van der Waals surface area contributed by atoms with Gasteiger partial charge in [0, 0.05) is 50.2 Å². The first kappa shape index (κ1) is 32.8. The highest BCUT2D eigenvalue weighted by Crippen LogP contribution is 2.53. The summed E-state index contributed by atoms with van der Waals surface area (Å²) in [5.74, 6) is 1.19. The number of aromatic nitrogens is 2.